The number of rotatable bonds is 2. The largest absolute Gasteiger partial charge is 0.329 e. The number of hydrogen-bond acceptors (Lipinski definition) is 4. The van der Waals surface area contributed by atoms with Gasteiger partial charge in [0.2, 0.25) is 0 Å². The van der Waals surface area contributed by atoms with Crippen LogP contribution in [0.15, 0.2) is 11.4 Å². The maximum Gasteiger partial charge on any atom is 0.0451 e. The molecule has 0 aromatic carbocycles. The predicted molar refractivity (Wildman–Crippen MR) is 81.4 cm³/mol. The molecule has 0 amide bonds. The quantitative estimate of drug-likeness (QED) is 0.904. The Morgan fingerprint density at radius 3 is 3.22 bits per heavy atom. The van der Waals surface area contributed by atoms with Gasteiger partial charge < -0.3 is 5.73 Å². The Kier molecular flexibility index (Phi) is 3.72. The molecule has 2 aliphatic heterocycles. The minimum Gasteiger partial charge on any atom is -0.329 e. The summed E-state index contributed by atoms with van der Waals surface area (Å²) in [5.74, 6) is 1.31. The molecule has 0 aliphatic carbocycles. The highest BCUT2D eigenvalue weighted by Gasteiger charge is 2.43. The smallest absolute Gasteiger partial charge is 0.0451 e. The van der Waals surface area contributed by atoms with Crippen LogP contribution in [0.3, 0.4) is 0 Å². The average molecular weight is 282 g/mol. The topological polar surface area (TPSA) is 29.3 Å². The minimum absolute atomic E-state index is 0.239. The summed E-state index contributed by atoms with van der Waals surface area (Å²) in [6.07, 6.45) is 3.81. The lowest BCUT2D eigenvalue weighted by atomic mass is 9.86. The average Bonchev–Trinajstić information content (AvgIpc) is 2.87. The van der Waals surface area contributed by atoms with E-state index in [0.29, 0.717) is 5.25 Å². The fourth-order valence-electron chi connectivity index (χ4n) is 3.44. The van der Waals surface area contributed by atoms with Crippen molar-refractivity contribution < 1.29 is 0 Å². The molecule has 2 N–H and O–H groups in total. The van der Waals surface area contributed by atoms with Crippen molar-refractivity contribution in [2.45, 2.75) is 43.5 Å². The summed E-state index contributed by atoms with van der Waals surface area (Å²) in [5.41, 5.74) is 7.98. The molecule has 2 unspecified atom stereocenters. The summed E-state index contributed by atoms with van der Waals surface area (Å²) in [6, 6.07) is 2.30. The third-order valence-corrected chi connectivity index (χ3v) is 7.16. The normalized spacial score (nSPS) is 33.3. The number of hydrogen-bond donors (Lipinski definition) is 1. The third kappa shape index (κ3) is 2.03. The van der Waals surface area contributed by atoms with E-state index >= 15 is 0 Å². The van der Waals surface area contributed by atoms with Crippen LogP contribution in [0.1, 0.15) is 30.2 Å². The van der Waals surface area contributed by atoms with Crippen molar-refractivity contribution in [1.82, 2.24) is 4.90 Å². The molecule has 1 fully saturated rings. The van der Waals surface area contributed by atoms with Crippen molar-refractivity contribution in [1.29, 1.82) is 0 Å². The molecule has 0 saturated carbocycles. The first kappa shape index (κ1) is 13.0. The lowest BCUT2D eigenvalue weighted by molar-refractivity contribution is 0.0688. The van der Waals surface area contributed by atoms with Gasteiger partial charge in [0.1, 0.15) is 0 Å². The molecule has 3 heterocycles. The van der Waals surface area contributed by atoms with Gasteiger partial charge >= 0.3 is 0 Å². The lowest BCUT2D eigenvalue weighted by Crippen LogP contribution is -2.61. The Bertz CT molecular complexity index is 418. The second-order valence-corrected chi connectivity index (χ2v) is 7.91. The number of thioether (sulfide) groups is 1. The van der Waals surface area contributed by atoms with Gasteiger partial charge in [-0.2, -0.15) is 11.8 Å². The Balaban J connectivity index is 1.85. The molecule has 3 rings (SSSR count). The van der Waals surface area contributed by atoms with Crippen molar-refractivity contribution in [2.24, 2.45) is 5.73 Å². The standard InChI is InChI=1S/C14H22N2S2/c1-11-14(10-15,5-2-7-17-11)16-6-3-13-12(9-16)4-8-18-13/h4,8,11H,2-3,5-7,9-10,15H2,1H3. The molecule has 0 bridgehead atoms. The molecule has 1 saturated heterocycles. The van der Waals surface area contributed by atoms with E-state index in [2.05, 4.69) is 35.0 Å². The Labute approximate surface area is 118 Å². The van der Waals surface area contributed by atoms with Gasteiger partial charge in [-0.3, -0.25) is 4.90 Å². The van der Waals surface area contributed by atoms with Crippen LogP contribution >= 0.6 is 23.1 Å². The van der Waals surface area contributed by atoms with E-state index in [1.807, 2.05) is 11.3 Å². The molecule has 1 aromatic rings. The summed E-state index contributed by atoms with van der Waals surface area (Å²) in [7, 11) is 0. The van der Waals surface area contributed by atoms with E-state index in [4.69, 9.17) is 5.73 Å². The highest BCUT2D eigenvalue weighted by molar-refractivity contribution is 8.00. The molecule has 0 spiro atoms. The van der Waals surface area contributed by atoms with Crippen LogP contribution in [0, 0.1) is 0 Å². The summed E-state index contributed by atoms with van der Waals surface area (Å²) in [5, 5.41) is 2.90. The number of thiophene rings is 1. The molecular weight excluding hydrogens is 260 g/mol. The van der Waals surface area contributed by atoms with Crippen molar-refractivity contribution in [3.63, 3.8) is 0 Å². The van der Waals surface area contributed by atoms with Gasteiger partial charge in [-0.15, -0.1) is 11.3 Å². The van der Waals surface area contributed by atoms with E-state index in [-0.39, 0.29) is 5.54 Å². The minimum atomic E-state index is 0.239. The summed E-state index contributed by atoms with van der Waals surface area (Å²) in [6.45, 7) is 5.48. The van der Waals surface area contributed by atoms with Gasteiger partial charge in [0, 0.05) is 35.3 Å². The van der Waals surface area contributed by atoms with Crippen LogP contribution in [0.25, 0.3) is 0 Å². The first-order valence-electron chi connectivity index (χ1n) is 6.88. The Morgan fingerprint density at radius 2 is 2.44 bits per heavy atom. The molecule has 18 heavy (non-hydrogen) atoms. The zero-order chi connectivity index (χ0) is 12.6. The van der Waals surface area contributed by atoms with Crippen molar-refractivity contribution in [3.8, 4) is 0 Å². The number of nitrogens with two attached hydrogens (primary N) is 1. The predicted octanol–water partition coefficient (Wildman–Crippen LogP) is 2.72. The van der Waals surface area contributed by atoms with E-state index < -0.39 is 0 Å². The SMILES string of the molecule is CC1SCCCC1(CN)N1CCc2sccc2C1. The maximum absolute atomic E-state index is 6.20. The van der Waals surface area contributed by atoms with Crippen LogP contribution in [0.5, 0.6) is 0 Å². The van der Waals surface area contributed by atoms with Gasteiger partial charge in [-0.05, 0) is 42.0 Å². The molecule has 2 aliphatic rings. The van der Waals surface area contributed by atoms with Gasteiger partial charge in [0.15, 0.2) is 0 Å². The van der Waals surface area contributed by atoms with Crippen LogP contribution in [-0.2, 0) is 13.0 Å². The third-order valence-electron chi connectivity index (χ3n) is 4.67. The second kappa shape index (κ2) is 5.16. The molecule has 2 atom stereocenters. The molecule has 2 nitrogen and oxygen atoms in total. The van der Waals surface area contributed by atoms with Gasteiger partial charge in [-0.1, -0.05) is 6.92 Å². The van der Waals surface area contributed by atoms with E-state index in [1.54, 1.807) is 10.4 Å². The summed E-state index contributed by atoms with van der Waals surface area (Å²) >= 11 is 4.03. The van der Waals surface area contributed by atoms with Gasteiger partial charge in [-0.25, -0.2) is 0 Å². The zero-order valence-electron chi connectivity index (χ0n) is 11.0. The summed E-state index contributed by atoms with van der Waals surface area (Å²) in [4.78, 5) is 4.27. The lowest BCUT2D eigenvalue weighted by Gasteiger charge is -2.51. The highest BCUT2D eigenvalue weighted by atomic mass is 32.2. The van der Waals surface area contributed by atoms with E-state index in [1.165, 1.54) is 31.6 Å². The summed E-state index contributed by atoms with van der Waals surface area (Å²) < 4.78 is 0. The van der Waals surface area contributed by atoms with Gasteiger partial charge in [0.05, 0.1) is 0 Å². The molecule has 4 heteroatoms. The molecule has 0 radical (unpaired) electrons. The first-order valence-corrected chi connectivity index (χ1v) is 8.81. The Morgan fingerprint density at radius 1 is 1.56 bits per heavy atom. The van der Waals surface area contributed by atoms with Crippen molar-refractivity contribution in [2.75, 3.05) is 18.8 Å². The van der Waals surface area contributed by atoms with Crippen molar-refractivity contribution in [3.05, 3.63) is 21.9 Å². The van der Waals surface area contributed by atoms with Crippen LogP contribution < -0.4 is 5.73 Å². The molecule has 1 aromatic heterocycles. The van der Waals surface area contributed by atoms with Crippen LogP contribution in [0.4, 0.5) is 0 Å². The monoisotopic (exact) mass is 282 g/mol. The zero-order valence-corrected chi connectivity index (χ0v) is 12.7. The van der Waals surface area contributed by atoms with Crippen molar-refractivity contribution >= 4 is 23.1 Å². The first-order chi connectivity index (χ1) is 8.76. The fourth-order valence-corrected chi connectivity index (χ4v) is 5.67. The number of nitrogens with zero attached hydrogens (tertiary/aromatic N) is 1. The van der Waals surface area contributed by atoms with E-state index in [9.17, 15) is 0 Å². The van der Waals surface area contributed by atoms with Gasteiger partial charge in [0.25, 0.3) is 0 Å². The molecular formula is C14H22N2S2. The fraction of sp³-hybridized carbons (Fsp3) is 0.714. The molecule has 100 valence electrons. The Hall–Kier alpha value is -0.0300. The van der Waals surface area contributed by atoms with Crippen LogP contribution in [-0.4, -0.2) is 34.5 Å². The highest BCUT2D eigenvalue weighted by Crippen LogP contribution is 2.40. The second-order valence-electron chi connectivity index (χ2n) is 5.46. The van der Waals surface area contributed by atoms with E-state index in [0.717, 1.165) is 13.1 Å². The number of fused-ring (bicyclic) bond motifs is 1. The van der Waals surface area contributed by atoms with Crippen LogP contribution in [0.2, 0.25) is 0 Å². The maximum atomic E-state index is 6.20.